The zero-order chi connectivity index (χ0) is 8.97. The van der Waals surface area contributed by atoms with Crippen LogP contribution in [0.2, 0.25) is 10.0 Å². The third kappa shape index (κ3) is 2.44. The molecule has 0 aliphatic carbocycles. The maximum Gasteiger partial charge on any atom is 0.156 e. The molecule has 0 saturated heterocycles. The Morgan fingerprint density at radius 2 is 1.75 bits per heavy atom. The second-order valence-corrected chi connectivity index (χ2v) is 3.28. The third-order valence-corrected chi connectivity index (χ3v) is 1.99. The average Bonchev–Trinajstić information content (AvgIpc) is 2.04. The zero-order valence-corrected chi connectivity index (χ0v) is 8.46. The molecule has 0 N–H and O–H groups in total. The summed E-state index contributed by atoms with van der Waals surface area (Å²) in [6.07, 6.45) is 0. The monoisotopic (exact) mass is 224 g/mol. The number of benzene rings is 1. The summed E-state index contributed by atoms with van der Waals surface area (Å²) in [5.41, 5.74) is 0. The summed E-state index contributed by atoms with van der Waals surface area (Å²) in [7, 11) is 0. The van der Waals surface area contributed by atoms with Crippen molar-refractivity contribution in [3.63, 3.8) is 0 Å². The molecule has 0 fully saturated rings. The van der Waals surface area contributed by atoms with E-state index in [2.05, 4.69) is 0 Å². The molecule has 0 radical (unpaired) electrons. The van der Waals surface area contributed by atoms with Crippen LogP contribution in [0.4, 0.5) is 0 Å². The lowest BCUT2D eigenvalue weighted by atomic mass is 10.3. The van der Waals surface area contributed by atoms with E-state index in [0.29, 0.717) is 28.3 Å². The lowest BCUT2D eigenvalue weighted by Gasteiger charge is -2.07. The molecule has 0 spiro atoms. The Hall–Kier alpha value is -0.110. The molecule has 12 heavy (non-hydrogen) atoms. The van der Waals surface area contributed by atoms with Crippen molar-refractivity contribution in [2.75, 3.05) is 12.5 Å². The van der Waals surface area contributed by atoms with Crippen LogP contribution in [0.5, 0.6) is 5.75 Å². The summed E-state index contributed by atoms with van der Waals surface area (Å²) in [5.74, 6) is 0.920. The van der Waals surface area contributed by atoms with E-state index in [1.54, 1.807) is 18.2 Å². The fourth-order valence-corrected chi connectivity index (χ4v) is 1.34. The molecule has 0 atom stereocenters. The predicted octanol–water partition coefficient (Wildman–Crippen LogP) is 3.61. The minimum absolute atomic E-state index is 0.408. The smallest absolute Gasteiger partial charge is 0.156 e. The van der Waals surface area contributed by atoms with Gasteiger partial charge in [0, 0.05) is 0 Å². The first-order chi connectivity index (χ1) is 5.75. The van der Waals surface area contributed by atoms with Crippen LogP contribution < -0.4 is 4.74 Å². The summed E-state index contributed by atoms with van der Waals surface area (Å²) >= 11 is 17.1. The summed E-state index contributed by atoms with van der Waals surface area (Å²) in [5, 5.41) is 1.01. The van der Waals surface area contributed by atoms with Crippen LogP contribution >= 0.6 is 34.8 Å². The molecule has 0 amide bonds. The fourth-order valence-electron chi connectivity index (χ4n) is 0.761. The van der Waals surface area contributed by atoms with E-state index in [1.807, 2.05) is 0 Å². The summed E-state index contributed by atoms with van der Waals surface area (Å²) in [4.78, 5) is 0. The fraction of sp³-hybridized carbons (Fsp3) is 0.250. The topological polar surface area (TPSA) is 9.23 Å². The van der Waals surface area contributed by atoms with Crippen molar-refractivity contribution in [3.8, 4) is 5.75 Å². The van der Waals surface area contributed by atoms with Crippen LogP contribution in [0.15, 0.2) is 18.2 Å². The van der Waals surface area contributed by atoms with Crippen molar-refractivity contribution < 1.29 is 4.74 Å². The Morgan fingerprint density at radius 3 is 2.25 bits per heavy atom. The van der Waals surface area contributed by atoms with E-state index in [-0.39, 0.29) is 0 Å². The van der Waals surface area contributed by atoms with Crippen molar-refractivity contribution in [2.24, 2.45) is 0 Å². The molecule has 0 saturated carbocycles. The molecule has 0 aliphatic heterocycles. The largest absolute Gasteiger partial charge is 0.489 e. The molecule has 4 heteroatoms. The molecule has 1 aromatic carbocycles. The van der Waals surface area contributed by atoms with Gasteiger partial charge in [-0.15, -0.1) is 11.6 Å². The van der Waals surface area contributed by atoms with Crippen molar-refractivity contribution in [1.29, 1.82) is 0 Å². The summed E-state index contributed by atoms with van der Waals surface area (Å²) < 4.78 is 5.22. The van der Waals surface area contributed by atoms with Gasteiger partial charge in [0.1, 0.15) is 6.61 Å². The predicted molar refractivity (Wildman–Crippen MR) is 52.7 cm³/mol. The van der Waals surface area contributed by atoms with E-state index in [0.717, 1.165) is 0 Å². The molecule has 66 valence electrons. The van der Waals surface area contributed by atoms with Crippen molar-refractivity contribution in [2.45, 2.75) is 0 Å². The van der Waals surface area contributed by atoms with Crippen molar-refractivity contribution >= 4 is 34.8 Å². The van der Waals surface area contributed by atoms with Crippen LogP contribution in [0.1, 0.15) is 0 Å². The maximum absolute atomic E-state index is 5.81. The van der Waals surface area contributed by atoms with E-state index in [4.69, 9.17) is 39.5 Å². The molecule has 1 aromatic rings. The molecular formula is C8H7Cl3O. The molecule has 0 aliphatic rings. The van der Waals surface area contributed by atoms with E-state index in [9.17, 15) is 0 Å². The number of ether oxygens (including phenoxy) is 1. The van der Waals surface area contributed by atoms with Crippen LogP contribution in [0, 0.1) is 0 Å². The summed E-state index contributed by atoms with van der Waals surface area (Å²) in [6.45, 7) is 0.408. The second-order valence-electron chi connectivity index (χ2n) is 2.09. The number of hydrogen-bond acceptors (Lipinski definition) is 1. The Balaban J connectivity index is 2.81. The minimum Gasteiger partial charge on any atom is -0.489 e. The van der Waals surface area contributed by atoms with Crippen molar-refractivity contribution in [3.05, 3.63) is 28.2 Å². The number of para-hydroxylation sites is 1. The van der Waals surface area contributed by atoms with Crippen molar-refractivity contribution in [1.82, 2.24) is 0 Å². The van der Waals surface area contributed by atoms with Gasteiger partial charge in [-0.25, -0.2) is 0 Å². The first kappa shape index (κ1) is 9.97. The quantitative estimate of drug-likeness (QED) is 0.714. The highest BCUT2D eigenvalue weighted by Crippen LogP contribution is 2.32. The zero-order valence-electron chi connectivity index (χ0n) is 6.19. The second kappa shape index (κ2) is 4.80. The molecule has 1 rings (SSSR count). The Labute approximate surface area is 86.2 Å². The Kier molecular flexibility index (Phi) is 3.99. The van der Waals surface area contributed by atoms with Crippen LogP contribution in [0.25, 0.3) is 0 Å². The van der Waals surface area contributed by atoms with Gasteiger partial charge in [0.05, 0.1) is 15.9 Å². The van der Waals surface area contributed by atoms with Crippen LogP contribution in [-0.2, 0) is 0 Å². The van der Waals surface area contributed by atoms with Gasteiger partial charge in [-0.2, -0.15) is 0 Å². The lowest BCUT2D eigenvalue weighted by molar-refractivity contribution is 0.343. The molecule has 0 bridgehead atoms. The lowest BCUT2D eigenvalue weighted by Crippen LogP contribution is -1.98. The van der Waals surface area contributed by atoms with Gasteiger partial charge in [-0.05, 0) is 12.1 Å². The minimum atomic E-state index is 0.408. The molecule has 1 nitrogen and oxygen atoms in total. The number of hydrogen-bond donors (Lipinski definition) is 0. The van der Waals surface area contributed by atoms with Gasteiger partial charge >= 0.3 is 0 Å². The summed E-state index contributed by atoms with van der Waals surface area (Å²) in [6, 6.07) is 5.20. The maximum atomic E-state index is 5.81. The van der Waals surface area contributed by atoms with Gasteiger partial charge in [-0.3, -0.25) is 0 Å². The van der Waals surface area contributed by atoms with Gasteiger partial charge in [0.25, 0.3) is 0 Å². The standard InChI is InChI=1S/C8H7Cl3O/c9-4-5-12-8-6(10)2-1-3-7(8)11/h1-3H,4-5H2. The van der Waals surface area contributed by atoms with Crippen LogP contribution in [-0.4, -0.2) is 12.5 Å². The van der Waals surface area contributed by atoms with Gasteiger partial charge in [0.15, 0.2) is 5.75 Å². The first-order valence-electron chi connectivity index (χ1n) is 3.38. The number of alkyl halides is 1. The van der Waals surface area contributed by atoms with E-state index >= 15 is 0 Å². The van der Waals surface area contributed by atoms with Crippen LogP contribution in [0.3, 0.4) is 0 Å². The first-order valence-corrected chi connectivity index (χ1v) is 4.67. The van der Waals surface area contributed by atoms with E-state index < -0.39 is 0 Å². The average molecular weight is 226 g/mol. The van der Waals surface area contributed by atoms with Gasteiger partial charge in [-0.1, -0.05) is 29.3 Å². The Bertz CT molecular complexity index is 242. The number of halogens is 3. The number of rotatable bonds is 3. The third-order valence-electron chi connectivity index (χ3n) is 1.24. The highest BCUT2D eigenvalue weighted by atomic mass is 35.5. The van der Waals surface area contributed by atoms with Gasteiger partial charge in [0.2, 0.25) is 0 Å². The SMILES string of the molecule is ClCCOc1c(Cl)cccc1Cl. The van der Waals surface area contributed by atoms with E-state index in [1.165, 1.54) is 0 Å². The van der Waals surface area contributed by atoms with Gasteiger partial charge < -0.3 is 4.74 Å². The molecule has 0 heterocycles. The highest BCUT2D eigenvalue weighted by Gasteiger charge is 2.04. The molecule has 0 aromatic heterocycles. The molecule has 0 unspecified atom stereocenters. The Morgan fingerprint density at radius 1 is 1.17 bits per heavy atom. The molecular weight excluding hydrogens is 218 g/mol. The highest BCUT2D eigenvalue weighted by molar-refractivity contribution is 6.37. The normalized spacial score (nSPS) is 9.92.